The van der Waals surface area contributed by atoms with E-state index in [4.69, 9.17) is 0 Å². The average molecular weight is 364 g/mol. The Morgan fingerprint density at radius 1 is 1.29 bits per heavy atom. The molecule has 0 fully saturated rings. The third-order valence-electron chi connectivity index (χ3n) is 3.16. The standard InChI is InChI=1S/C15H14BrN3OS/c1-2-13-18-14(10-5-6-21-15(10)19-13)17-8-9-3-4-12(20)11(16)7-9/h3-7,20H,2,8H2,1H3,(H,17,18,19). The summed E-state index contributed by atoms with van der Waals surface area (Å²) in [5.41, 5.74) is 1.07. The Kier molecular flexibility index (Phi) is 4.07. The van der Waals surface area contributed by atoms with E-state index in [0.29, 0.717) is 11.0 Å². The number of aromatic hydroxyl groups is 1. The molecule has 0 radical (unpaired) electrons. The molecule has 0 aliphatic rings. The number of aryl methyl sites for hydroxylation is 1. The van der Waals surface area contributed by atoms with Gasteiger partial charge in [0.15, 0.2) is 0 Å². The molecular weight excluding hydrogens is 350 g/mol. The van der Waals surface area contributed by atoms with E-state index < -0.39 is 0 Å². The smallest absolute Gasteiger partial charge is 0.138 e. The van der Waals surface area contributed by atoms with Crippen molar-refractivity contribution in [1.82, 2.24) is 9.97 Å². The predicted octanol–water partition coefficient (Wildman–Crippen LogP) is 4.33. The molecule has 0 amide bonds. The van der Waals surface area contributed by atoms with E-state index in [1.54, 1.807) is 17.4 Å². The van der Waals surface area contributed by atoms with Gasteiger partial charge in [0, 0.05) is 13.0 Å². The number of anilines is 1. The van der Waals surface area contributed by atoms with Gasteiger partial charge in [-0.2, -0.15) is 0 Å². The Morgan fingerprint density at radius 3 is 2.90 bits per heavy atom. The fourth-order valence-corrected chi connectivity index (χ4v) is 3.25. The van der Waals surface area contributed by atoms with Gasteiger partial charge in [0.25, 0.3) is 0 Å². The van der Waals surface area contributed by atoms with Gasteiger partial charge in [-0.3, -0.25) is 0 Å². The highest BCUT2D eigenvalue weighted by atomic mass is 79.9. The van der Waals surface area contributed by atoms with Gasteiger partial charge >= 0.3 is 0 Å². The summed E-state index contributed by atoms with van der Waals surface area (Å²) in [6.45, 7) is 2.69. The average Bonchev–Trinajstić information content (AvgIpc) is 2.96. The van der Waals surface area contributed by atoms with Crippen LogP contribution in [0.25, 0.3) is 10.2 Å². The molecule has 1 aromatic carbocycles. The molecule has 0 saturated carbocycles. The fourth-order valence-electron chi connectivity index (χ4n) is 2.04. The van der Waals surface area contributed by atoms with Gasteiger partial charge < -0.3 is 10.4 Å². The maximum atomic E-state index is 9.52. The van der Waals surface area contributed by atoms with Crippen LogP contribution in [0.4, 0.5) is 5.82 Å². The quantitative estimate of drug-likeness (QED) is 0.723. The number of rotatable bonds is 4. The first kappa shape index (κ1) is 14.3. The molecule has 0 bridgehead atoms. The van der Waals surface area contributed by atoms with Gasteiger partial charge in [0.2, 0.25) is 0 Å². The zero-order chi connectivity index (χ0) is 14.8. The van der Waals surface area contributed by atoms with E-state index >= 15 is 0 Å². The van der Waals surface area contributed by atoms with Crippen LogP contribution in [0.5, 0.6) is 5.75 Å². The lowest BCUT2D eigenvalue weighted by molar-refractivity contribution is 0.471. The van der Waals surface area contributed by atoms with E-state index in [0.717, 1.165) is 33.8 Å². The van der Waals surface area contributed by atoms with E-state index in [2.05, 4.69) is 38.1 Å². The Bertz CT molecular complexity index is 788. The number of phenols is 1. The maximum Gasteiger partial charge on any atom is 0.138 e. The number of nitrogens with one attached hydrogen (secondary N) is 1. The number of thiophene rings is 1. The Labute approximate surface area is 135 Å². The lowest BCUT2D eigenvalue weighted by atomic mass is 10.2. The molecule has 3 rings (SSSR count). The third kappa shape index (κ3) is 3.01. The summed E-state index contributed by atoms with van der Waals surface area (Å²) in [5, 5.41) is 16.0. The van der Waals surface area contributed by atoms with Crippen LogP contribution < -0.4 is 5.32 Å². The van der Waals surface area contributed by atoms with E-state index in [1.165, 1.54) is 0 Å². The second-order valence-corrected chi connectivity index (χ2v) is 6.37. The summed E-state index contributed by atoms with van der Waals surface area (Å²) in [7, 11) is 0. The van der Waals surface area contributed by atoms with Gasteiger partial charge in [-0.1, -0.05) is 13.0 Å². The number of hydrogen-bond acceptors (Lipinski definition) is 5. The number of benzene rings is 1. The minimum absolute atomic E-state index is 0.245. The molecule has 6 heteroatoms. The number of nitrogens with zero attached hydrogens (tertiary/aromatic N) is 2. The van der Waals surface area contributed by atoms with Gasteiger partial charge in [0.1, 0.15) is 22.2 Å². The van der Waals surface area contributed by atoms with Crippen molar-refractivity contribution in [2.24, 2.45) is 0 Å². The van der Waals surface area contributed by atoms with Gasteiger partial charge in [-0.05, 0) is 45.1 Å². The molecular formula is C15H14BrN3OS. The third-order valence-corrected chi connectivity index (χ3v) is 4.60. The van der Waals surface area contributed by atoms with Crippen molar-refractivity contribution in [1.29, 1.82) is 0 Å². The lowest BCUT2D eigenvalue weighted by Crippen LogP contribution is -2.04. The van der Waals surface area contributed by atoms with E-state index in [-0.39, 0.29) is 5.75 Å². The Balaban J connectivity index is 1.87. The van der Waals surface area contributed by atoms with E-state index in [1.807, 2.05) is 23.6 Å². The van der Waals surface area contributed by atoms with Crippen LogP contribution >= 0.6 is 27.3 Å². The minimum Gasteiger partial charge on any atom is -0.507 e. The van der Waals surface area contributed by atoms with Crippen molar-refractivity contribution < 1.29 is 5.11 Å². The molecule has 0 unspecified atom stereocenters. The number of hydrogen-bond donors (Lipinski definition) is 2. The molecule has 0 atom stereocenters. The monoisotopic (exact) mass is 363 g/mol. The van der Waals surface area contributed by atoms with Crippen molar-refractivity contribution in [3.05, 3.63) is 45.5 Å². The number of aromatic nitrogens is 2. The first-order valence-corrected chi connectivity index (χ1v) is 8.30. The SMILES string of the molecule is CCc1nc(NCc2ccc(O)c(Br)c2)c2ccsc2n1. The second-order valence-electron chi connectivity index (χ2n) is 4.62. The van der Waals surface area contributed by atoms with Crippen molar-refractivity contribution >= 4 is 43.3 Å². The molecule has 0 saturated heterocycles. The van der Waals surface area contributed by atoms with Gasteiger partial charge in [0.05, 0.1) is 9.86 Å². The summed E-state index contributed by atoms with van der Waals surface area (Å²) in [4.78, 5) is 10.1. The lowest BCUT2D eigenvalue weighted by Gasteiger charge is -2.09. The highest BCUT2D eigenvalue weighted by molar-refractivity contribution is 9.10. The van der Waals surface area contributed by atoms with Crippen LogP contribution in [0.15, 0.2) is 34.1 Å². The molecule has 108 valence electrons. The van der Waals surface area contributed by atoms with E-state index in [9.17, 15) is 5.11 Å². The van der Waals surface area contributed by atoms with Crippen LogP contribution in [0.3, 0.4) is 0 Å². The van der Waals surface area contributed by atoms with Crippen LogP contribution in [0.2, 0.25) is 0 Å². The number of halogens is 1. The second kappa shape index (κ2) is 5.99. The minimum atomic E-state index is 0.245. The van der Waals surface area contributed by atoms with Crippen LogP contribution in [0.1, 0.15) is 18.3 Å². The molecule has 0 spiro atoms. The Morgan fingerprint density at radius 2 is 2.14 bits per heavy atom. The van der Waals surface area contributed by atoms with Crippen LogP contribution in [-0.4, -0.2) is 15.1 Å². The van der Waals surface area contributed by atoms with Crippen molar-refractivity contribution in [3.8, 4) is 5.75 Å². The Hall–Kier alpha value is -1.66. The zero-order valence-electron chi connectivity index (χ0n) is 11.4. The predicted molar refractivity (Wildman–Crippen MR) is 89.9 cm³/mol. The maximum absolute atomic E-state index is 9.52. The van der Waals surface area contributed by atoms with Crippen LogP contribution in [0, 0.1) is 0 Å². The first-order valence-electron chi connectivity index (χ1n) is 6.62. The summed E-state index contributed by atoms with van der Waals surface area (Å²) < 4.78 is 0.694. The molecule has 3 aromatic rings. The fraction of sp³-hybridized carbons (Fsp3) is 0.200. The largest absolute Gasteiger partial charge is 0.507 e. The van der Waals surface area contributed by atoms with Crippen molar-refractivity contribution in [3.63, 3.8) is 0 Å². The van der Waals surface area contributed by atoms with Crippen molar-refractivity contribution in [2.45, 2.75) is 19.9 Å². The summed E-state index contributed by atoms with van der Waals surface area (Å²) in [5.74, 6) is 1.95. The topological polar surface area (TPSA) is 58.0 Å². The highest BCUT2D eigenvalue weighted by Crippen LogP contribution is 2.27. The summed E-state index contributed by atoms with van der Waals surface area (Å²) >= 11 is 4.95. The van der Waals surface area contributed by atoms with Crippen LogP contribution in [-0.2, 0) is 13.0 Å². The molecule has 0 aliphatic heterocycles. The number of fused-ring (bicyclic) bond motifs is 1. The highest BCUT2D eigenvalue weighted by Gasteiger charge is 2.08. The first-order chi connectivity index (χ1) is 10.2. The summed E-state index contributed by atoms with van der Waals surface area (Å²) in [6.07, 6.45) is 0.813. The molecule has 2 heterocycles. The van der Waals surface area contributed by atoms with Gasteiger partial charge in [-0.25, -0.2) is 9.97 Å². The number of phenolic OH excluding ortho intramolecular Hbond substituents is 1. The molecule has 21 heavy (non-hydrogen) atoms. The molecule has 2 aromatic heterocycles. The molecule has 0 aliphatic carbocycles. The van der Waals surface area contributed by atoms with Gasteiger partial charge in [-0.15, -0.1) is 11.3 Å². The normalized spacial score (nSPS) is 11.0. The molecule has 4 nitrogen and oxygen atoms in total. The summed E-state index contributed by atoms with van der Waals surface area (Å²) in [6, 6.07) is 7.50. The zero-order valence-corrected chi connectivity index (χ0v) is 13.8. The van der Waals surface area contributed by atoms with Crippen molar-refractivity contribution in [2.75, 3.05) is 5.32 Å². The molecule has 2 N–H and O–H groups in total.